The Labute approximate surface area is 160 Å². The van der Waals surface area contributed by atoms with Gasteiger partial charge in [-0.25, -0.2) is 0 Å². The van der Waals surface area contributed by atoms with Crippen molar-refractivity contribution in [2.75, 3.05) is 5.32 Å². The molecular formula is C19H18N4O3S. The van der Waals surface area contributed by atoms with Gasteiger partial charge >= 0.3 is 5.82 Å². The normalized spacial score (nSPS) is 10.6. The molecule has 0 bridgehead atoms. The highest BCUT2D eigenvalue weighted by atomic mass is 32.2. The number of aromatic nitrogens is 2. The lowest BCUT2D eigenvalue weighted by Gasteiger charge is -2.10. The Morgan fingerprint density at radius 2 is 1.89 bits per heavy atom. The third-order valence-corrected chi connectivity index (χ3v) is 4.92. The van der Waals surface area contributed by atoms with Crippen molar-refractivity contribution in [3.63, 3.8) is 0 Å². The van der Waals surface area contributed by atoms with E-state index >= 15 is 0 Å². The van der Waals surface area contributed by atoms with Gasteiger partial charge in [-0.2, -0.15) is 4.68 Å². The number of carbonyl (C=O) groups excluding carboxylic acids is 1. The van der Waals surface area contributed by atoms with Gasteiger partial charge in [0.1, 0.15) is 0 Å². The fourth-order valence-corrected chi connectivity index (χ4v) is 3.43. The van der Waals surface area contributed by atoms with Gasteiger partial charge in [-0.15, -0.1) is 0 Å². The minimum Gasteiger partial charge on any atom is -0.358 e. The van der Waals surface area contributed by atoms with Crippen LogP contribution in [0, 0.1) is 17.0 Å². The van der Waals surface area contributed by atoms with Crippen LogP contribution in [0.5, 0.6) is 0 Å². The molecule has 0 aliphatic carbocycles. The zero-order valence-corrected chi connectivity index (χ0v) is 15.5. The Morgan fingerprint density at radius 3 is 2.59 bits per heavy atom. The third-order valence-electron chi connectivity index (χ3n) is 3.84. The van der Waals surface area contributed by atoms with Gasteiger partial charge in [0.05, 0.1) is 29.1 Å². The summed E-state index contributed by atoms with van der Waals surface area (Å²) in [6.07, 6.45) is 0.171. The van der Waals surface area contributed by atoms with E-state index < -0.39 is 4.92 Å². The summed E-state index contributed by atoms with van der Waals surface area (Å²) in [7, 11) is 0. The van der Waals surface area contributed by atoms with Crippen LogP contribution in [-0.2, 0) is 11.3 Å². The van der Waals surface area contributed by atoms with E-state index in [1.165, 1.54) is 10.7 Å². The Bertz CT molecular complexity index is 957. The molecule has 0 fully saturated rings. The lowest BCUT2D eigenvalue weighted by Crippen LogP contribution is -2.16. The summed E-state index contributed by atoms with van der Waals surface area (Å²) in [6.45, 7) is 2.00. The van der Waals surface area contributed by atoms with Gasteiger partial charge in [0, 0.05) is 16.2 Å². The molecule has 0 saturated heterocycles. The van der Waals surface area contributed by atoms with Crippen LogP contribution in [0.1, 0.15) is 12.1 Å². The van der Waals surface area contributed by atoms with E-state index in [2.05, 4.69) is 10.4 Å². The number of aryl methyl sites for hydroxylation is 2. The second kappa shape index (κ2) is 8.50. The number of amides is 1. The summed E-state index contributed by atoms with van der Waals surface area (Å²) in [6, 6.07) is 18.9. The van der Waals surface area contributed by atoms with E-state index in [-0.39, 0.29) is 24.7 Å². The minimum atomic E-state index is -0.541. The van der Waals surface area contributed by atoms with Crippen molar-refractivity contribution in [1.82, 2.24) is 9.78 Å². The second-order valence-corrected chi connectivity index (χ2v) is 6.95. The van der Waals surface area contributed by atoms with E-state index in [0.29, 0.717) is 5.69 Å². The molecular weight excluding hydrogens is 364 g/mol. The second-order valence-electron chi connectivity index (χ2n) is 5.83. The van der Waals surface area contributed by atoms with Crippen molar-refractivity contribution < 1.29 is 9.72 Å². The van der Waals surface area contributed by atoms with Crippen LogP contribution in [0.15, 0.2) is 70.5 Å². The molecule has 1 heterocycles. The number of carbonyl (C=O) groups is 1. The van der Waals surface area contributed by atoms with Gasteiger partial charge < -0.3 is 15.4 Å². The highest BCUT2D eigenvalue weighted by Gasteiger charge is 2.16. The summed E-state index contributed by atoms with van der Waals surface area (Å²) in [5.74, 6) is -0.383. The van der Waals surface area contributed by atoms with Crippen LogP contribution in [0.4, 0.5) is 11.5 Å². The van der Waals surface area contributed by atoms with E-state index in [9.17, 15) is 14.9 Å². The molecule has 1 aromatic heterocycles. The number of nitrogens with zero attached hydrogens (tertiary/aromatic N) is 3. The van der Waals surface area contributed by atoms with Crippen LogP contribution < -0.4 is 5.32 Å². The topological polar surface area (TPSA) is 90.1 Å². The lowest BCUT2D eigenvalue weighted by molar-refractivity contribution is -0.389. The predicted octanol–water partition coefficient (Wildman–Crippen LogP) is 4.28. The van der Waals surface area contributed by atoms with Gasteiger partial charge in [0.15, 0.2) is 0 Å². The molecule has 0 saturated carbocycles. The van der Waals surface area contributed by atoms with Crippen LogP contribution >= 0.6 is 11.8 Å². The molecule has 8 heteroatoms. The molecule has 0 spiro atoms. The van der Waals surface area contributed by atoms with Crippen molar-refractivity contribution in [3.05, 3.63) is 76.5 Å². The quantitative estimate of drug-likeness (QED) is 0.486. The molecule has 0 aliphatic heterocycles. The molecule has 0 unspecified atom stereocenters. The first-order valence-corrected chi connectivity index (χ1v) is 9.15. The van der Waals surface area contributed by atoms with Gasteiger partial charge in [0.2, 0.25) is 5.91 Å². The molecule has 2 aromatic carbocycles. The summed E-state index contributed by atoms with van der Waals surface area (Å²) < 4.78 is 1.47. The average Bonchev–Trinajstić information content (AvgIpc) is 3.04. The Morgan fingerprint density at radius 1 is 1.19 bits per heavy atom. The van der Waals surface area contributed by atoms with Crippen molar-refractivity contribution in [2.45, 2.75) is 29.7 Å². The van der Waals surface area contributed by atoms with Crippen molar-refractivity contribution >= 4 is 29.2 Å². The first-order chi connectivity index (χ1) is 13.0. The predicted molar refractivity (Wildman–Crippen MR) is 104 cm³/mol. The molecule has 0 radical (unpaired) electrons. The molecule has 1 N–H and O–H groups in total. The highest BCUT2D eigenvalue weighted by Crippen LogP contribution is 2.33. The summed E-state index contributed by atoms with van der Waals surface area (Å²) in [5.41, 5.74) is 1.38. The maximum atomic E-state index is 12.3. The standard InChI is InChI=1S/C19H18N4O3S/c1-14-13-18(23(25)26)21-22(14)12-11-19(24)20-16-9-5-6-10-17(16)27-15-7-3-2-4-8-15/h2-10,13H,11-12H2,1H3,(H,20,24). The van der Waals surface area contributed by atoms with E-state index in [1.807, 2.05) is 54.6 Å². The van der Waals surface area contributed by atoms with E-state index in [1.54, 1.807) is 18.7 Å². The average molecular weight is 382 g/mol. The van der Waals surface area contributed by atoms with Gasteiger partial charge in [-0.3, -0.25) is 4.79 Å². The minimum absolute atomic E-state index is 0.171. The fourth-order valence-electron chi connectivity index (χ4n) is 2.50. The summed E-state index contributed by atoms with van der Waals surface area (Å²) in [5, 5.41) is 17.6. The van der Waals surface area contributed by atoms with Crippen LogP contribution in [0.25, 0.3) is 0 Å². The fraction of sp³-hybridized carbons (Fsp3) is 0.158. The number of rotatable bonds is 7. The number of nitrogens with one attached hydrogen (secondary N) is 1. The molecule has 3 rings (SSSR count). The van der Waals surface area contributed by atoms with Crippen molar-refractivity contribution in [2.24, 2.45) is 0 Å². The first-order valence-electron chi connectivity index (χ1n) is 8.33. The Kier molecular flexibility index (Phi) is 5.87. The van der Waals surface area contributed by atoms with Crippen molar-refractivity contribution in [3.8, 4) is 0 Å². The van der Waals surface area contributed by atoms with Gasteiger partial charge in [-0.05, 0) is 36.1 Å². The molecule has 7 nitrogen and oxygen atoms in total. The summed E-state index contributed by atoms with van der Waals surface area (Å²) in [4.78, 5) is 24.6. The molecule has 3 aromatic rings. The summed E-state index contributed by atoms with van der Waals surface area (Å²) >= 11 is 1.57. The molecule has 0 atom stereocenters. The van der Waals surface area contributed by atoms with Crippen LogP contribution in [0.3, 0.4) is 0 Å². The lowest BCUT2D eigenvalue weighted by atomic mass is 10.3. The Hall–Kier alpha value is -3.13. The number of para-hydroxylation sites is 1. The van der Waals surface area contributed by atoms with E-state index in [4.69, 9.17) is 0 Å². The number of hydrogen-bond donors (Lipinski definition) is 1. The Balaban J connectivity index is 1.64. The largest absolute Gasteiger partial charge is 0.390 e. The van der Waals surface area contributed by atoms with Crippen LogP contribution in [0.2, 0.25) is 0 Å². The van der Waals surface area contributed by atoms with Crippen molar-refractivity contribution in [1.29, 1.82) is 0 Å². The molecule has 0 aliphatic rings. The van der Waals surface area contributed by atoms with Gasteiger partial charge in [0.25, 0.3) is 0 Å². The monoisotopic (exact) mass is 382 g/mol. The molecule has 1 amide bonds. The number of hydrogen-bond acceptors (Lipinski definition) is 5. The zero-order chi connectivity index (χ0) is 19.2. The maximum Gasteiger partial charge on any atom is 0.390 e. The van der Waals surface area contributed by atoms with Crippen LogP contribution in [-0.4, -0.2) is 20.6 Å². The number of nitro groups is 1. The zero-order valence-electron chi connectivity index (χ0n) is 14.7. The molecule has 138 valence electrons. The number of benzene rings is 2. The first kappa shape index (κ1) is 18.7. The SMILES string of the molecule is Cc1cc([N+](=O)[O-])nn1CCC(=O)Nc1ccccc1Sc1ccccc1. The third kappa shape index (κ3) is 4.95. The van der Waals surface area contributed by atoms with E-state index in [0.717, 1.165) is 15.5 Å². The highest BCUT2D eigenvalue weighted by molar-refractivity contribution is 7.99. The molecule has 27 heavy (non-hydrogen) atoms. The van der Waals surface area contributed by atoms with Gasteiger partial charge in [-0.1, -0.05) is 42.1 Å². The number of anilines is 1. The maximum absolute atomic E-state index is 12.3. The smallest absolute Gasteiger partial charge is 0.358 e.